The van der Waals surface area contributed by atoms with Gasteiger partial charge in [0, 0.05) is 6.42 Å². The molecule has 10 heteroatoms. The van der Waals surface area contributed by atoms with Crippen molar-refractivity contribution in [3.63, 3.8) is 0 Å². The van der Waals surface area contributed by atoms with Gasteiger partial charge in [0.2, 0.25) is 5.91 Å². The highest BCUT2D eigenvalue weighted by molar-refractivity contribution is 5.76. The average Bonchev–Trinajstić information content (AvgIpc) is 2.10. The number of hydrogen-bond donors (Lipinski definition) is 3. The van der Waals surface area contributed by atoms with Gasteiger partial charge < -0.3 is 44.0 Å². The first-order valence-electron chi connectivity index (χ1n) is 35.6. The molecule has 0 bridgehead atoms. The summed E-state index contributed by atoms with van der Waals surface area (Å²) >= 11 is 0. The first kappa shape index (κ1) is 74.5. The fourth-order valence-electron chi connectivity index (χ4n) is 12.1. The Kier molecular flexibility index (Phi) is 42.7. The molecule has 5 rings (SSSR count). The first-order valence-corrected chi connectivity index (χ1v) is 35.6. The van der Waals surface area contributed by atoms with Crippen LogP contribution < -0.4 is 5.32 Å². The van der Waals surface area contributed by atoms with Crippen LogP contribution in [0, 0.1) is 0 Å². The summed E-state index contributed by atoms with van der Waals surface area (Å²) in [4.78, 5) is 14.5. The Balaban J connectivity index is 1.25. The van der Waals surface area contributed by atoms with E-state index in [1.165, 1.54) is 180 Å². The van der Waals surface area contributed by atoms with Crippen LogP contribution in [0.1, 0.15) is 261 Å². The van der Waals surface area contributed by atoms with Gasteiger partial charge in [-0.1, -0.05) is 340 Å². The Labute approximate surface area is 535 Å². The second-order valence-corrected chi connectivity index (χ2v) is 25.2. The van der Waals surface area contributed by atoms with Gasteiger partial charge in [0.15, 0.2) is 6.29 Å². The molecule has 1 saturated heterocycles. The number of amides is 1. The zero-order chi connectivity index (χ0) is 62.0. The fourth-order valence-corrected chi connectivity index (χ4v) is 12.1. The molecule has 0 spiro atoms. The lowest BCUT2D eigenvalue weighted by Gasteiger charge is -2.44. The Hall–Kier alpha value is -4.23. The Morgan fingerprint density at radius 1 is 0.466 bits per heavy atom. The van der Waals surface area contributed by atoms with E-state index in [-0.39, 0.29) is 32.3 Å². The summed E-state index contributed by atoms with van der Waals surface area (Å²) in [6.45, 7) is 5.06. The average molecular weight is 1220 g/mol. The summed E-state index contributed by atoms with van der Waals surface area (Å²) in [5, 5.41) is 25.9. The molecule has 88 heavy (non-hydrogen) atoms. The first-order chi connectivity index (χ1) is 43.5. The predicted molar refractivity (Wildman–Crippen MR) is 362 cm³/mol. The lowest BCUT2D eigenvalue weighted by atomic mass is 9.98. The van der Waals surface area contributed by atoms with Crippen LogP contribution in [0.4, 0.5) is 0 Å². The van der Waals surface area contributed by atoms with E-state index in [2.05, 4.69) is 43.4 Å². The quantitative estimate of drug-likeness (QED) is 0.0293. The highest BCUT2D eigenvalue weighted by atomic mass is 16.7. The molecule has 10 nitrogen and oxygen atoms in total. The molecule has 8 atom stereocenters. The maximum atomic E-state index is 14.5. The summed E-state index contributed by atoms with van der Waals surface area (Å²) in [7, 11) is 0. The highest BCUT2D eigenvalue weighted by Gasteiger charge is 2.48. The maximum Gasteiger partial charge on any atom is 0.220 e. The van der Waals surface area contributed by atoms with Crippen LogP contribution in [0.2, 0.25) is 0 Å². The summed E-state index contributed by atoms with van der Waals surface area (Å²) in [6.07, 6.45) is 41.9. The van der Waals surface area contributed by atoms with Crippen LogP contribution in [0.25, 0.3) is 0 Å². The number of hydrogen-bond acceptors (Lipinski definition) is 9. The number of rotatable bonds is 55. The summed E-state index contributed by atoms with van der Waals surface area (Å²) in [5.41, 5.74) is 3.88. The molecule has 1 fully saturated rings. The van der Waals surface area contributed by atoms with E-state index in [1.807, 2.05) is 109 Å². The normalized spacial score (nSPS) is 18.0. The van der Waals surface area contributed by atoms with E-state index in [0.717, 1.165) is 54.4 Å². The third-order valence-electron chi connectivity index (χ3n) is 17.5. The number of carbonyl (C=O) groups excluding carboxylic acids is 1. The minimum atomic E-state index is -1.23. The topological polar surface area (TPSA) is 125 Å². The number of aliphatic hydroxyl groups excluding tert-OH is 2. The van der Waals surface area contributed by atoms with Crippen LogP contribution in [-0.2, 0) is 59.6 Å². The van der Waals surface area contributed by atoms with Gasteiger partial charge in [0.1, 0.15) is 30.5 Å². The smallest absolute Gasteiger partial charge is 0.220 e. The molecule has 3 N–H and O–H groups in total. The number of ether oxygens (including phenoxy) is 6. The molecule has 4 aromatic rings. The van der Waals surface area contributed by atoms with E-state index < -0.39 is 55.6 Å². The summed E-state index contributed by atoms with van der Waals surface area (Å²) in [6, 6.07) is 39.2. The zero-order valence-electron chi connectivity index (χ0n) is 55.1. The number of allylic oxidation sites excluding steroid dienone is 1. The van der Waals surface area contributed by atoms with Crippen molar-refractivity contribution in [3.8, 4) is 0 Å². The van der Waals surface area contributed by atoms with Crippen LogP contribution in [0.3, 0.4) is 0 Å². The third-order valence-corrected chi connectivity index (χ3v) is 17.5. The minimum Gasteiger partial charge on any atom is -0.394 e. The van der Waals surface area contributed by atoms with Gasteiger partial charge in [-0.05, 0) is 47.9 Å². The van der Waals surface area contributed by atoms with E-state index >= 15 is 0 Å². The van der Waals surface area contributed by atoms with Gasteiger partial charge in [0.05, 0.1) is 51.8 Å². The van der Waals surface area contributed by atoms with Gasteiger partial charge in [-0.2, -0.15) is 0 Å². The number of carbonyl (C=O) groups is 1. The number of aliphatic hydroxyl groups is 2. The molecule has 1 aliphatic heterocycles. The summed E-state index contributed by atoms with van der Waals surface area (Å²) in [5.74, 6) is -0.0812. The molecule has 0 aliphatic carbocycles. The van der Waals surface area contributed by atoms with Gasteiger partial charge >= 0.3 is 0 Å². The molecule has 1 heterocycles. The number of benzene rings is 4. The molecular weight excluding hydrogens is 1090 g/mol. The monoisotopic (exact) mass is 1220 g/mol. The van der Waals surface area contributed by atoms with Crippen molar-refractivity contribution in [2.45, 2.75) is 314 Å². The Bertz CT molecular complexity index is 2240. The van der Waals surface area contributed by atoms with Gasteiger partial charge in [-0.15, -0.1) is 0 Å². The lowest BCUT2D eigenvalue weighted by molar-refractivity contribution is -0.321. The molecule has 492 valence electrons. The fraction of sp³-hybridized carbons (Fsp3) is 0.654. The van der Waals surface area contributed by atoms with Crippen molar-refractivity contribution in [2.24, 2.45) is 0 Å². The van der Waals surface area contributed by atoms with Gasteiger partial charge in [-0.3, -0.25) is 4.79 Å². The van der Waals surface area contributed by atoms with E-state index in [0.29, 0.717) is 19.4 Å². The van der Waals surface area contributed by atoms with E-state index in [1.54, 1.807) is 0 Å². The SMILES string of the molecule is CCCCCCCCCCC/C=C/C[C@@H](OCc1ccccc1)[C@@H](OCc1ccccc1)[C@H](CO[C@H]1O[C@H](CO)[C@H](O)[C@H](OCc2ccccc2)[C@H]1OCc1ccccc1)NC(=O)CCCCCCCCCCCCCCCCCCCCCCCCC. The second kappa shape index (κ2) is 50.4. The number of unbranched alkanes of at least 4 members (excludes halogenated alkanes) is 31. The third kappa shape index (κ3) is 33.7. The maximum absolute atomic E-state index is 14.5. The van der Waals surface area contributed by atoms with Crippen LogP contribution in [0.5, 0.6) is 0 Å². The largest absolute Gasteiger partial charge is 0.394 e. The molecule has 1 amide bonds. The minimum absolute atomic E-state index is 0.0481. The van der Waals surface area contributed by atoms with Crippen LogP contribution in [-0.4, -0.2) is 78.3 Å². The molecule has 0 unspecified atom stereocenters. The van der Waals surface area contributed by atoms with Crippen molar-refractivity contribution in [1.82, 2.24) is 5.32 Å². The van der Waals surface area contributed by atoms with Gasteiger partial charge in [-0.25, -0.2) is 0 Å². The van der Waals surface area contributed by atoms with Crippen molar-refractivity contribution >= 4 is 5.91 Å². The van der Waals surface area contributed by atoms with Crippen molar-refractivity contribution < 1.29 is 43.4 Å². The molecular formula is C78H121NO9. The zero-order valence-corrected chi connectivity index (χ0v) is 55.1. The van der Waals surface area contributed by atoms with E-state index in [4.69, 9.17) is 28.4 Å². The second-order valence-electron chi connectivity index (χ2n) is 25.2. The van der Waals surface area contributed by atoms with Gasteiger partial charge in [0.25, 0.3) is 0 Å². The van der Waals surface area contributed by atoms with Crippen molar-refractivity contribution in [2.75, 3.05) is 13.2 Å². The van der Waals surface area contributed by atoms with Crippen LogP contribution >= 0.6 is 0 Å². The van der Waals surface area contributed by atoms with E-state index in [9.17, 15) is 15.0 Å². The number of nitrogens with one attached hydrogen (secondary N) is 1. The highest BCUT2D eigenvalue weighted by Crippen LogP contribution is 2.30. The van der Waals surface area contributed by atoms with Crippen molar-refractivity contribution in [1.29, 1.82) is 0 Å². The standard InChI is InChI=1S/C78H121NO9/c1-3-5-7-9-11-13-15-17-18-19-20-21-22-23-24-25-26-27-29-31-33-35-49-59-73(81)79-70(65-87-78-77(86-64-69-56-46-39-47-57-69)76(74(82)72(60-80)88-78)85-63-68-54-44-38-45-55-68)75(84-62-67-52-42-37-43-53-67)71(83-61-66-50-40-36-41-51-66)58-48-34-32-30-28-16-14-12-10-8-6-4-2/h34,36-48,50-57,70-72,74-78,80,82H,3-33,35,49,58-65H2,1-2H3,(H,79,81)/b48-34+/t70-,71+,72+,74-,75-,76-,77+,78-/m0/s1. The van der Waals surface area contributed by atoms with Crippen molar-refractivity contribution in [3.05, 3.63) is 156 Å². The Morgan fingerprint density at radius 2 is 0.841 bits per heavy atom. The molecule has 0 saturated carbocycles. The lowest BCUT2D eigenvalue weighted by Crippen LogP contribution is -2.62. The summed E-state index contributed by atoms with van der Waals surface area (Å²) < 4.78 is 40.6. The molecule has 1 aliphatic rings. The molecule has 0 aromatic heterocycles. The molecule has 4 aromatic carbocycles. The molecule has 0 radical (unpaired) electrons. The van der Waals surface area contributed by atoms with Crippen LogP contribution in [0.15, 0.2) is 133 Å². The Morgan fingerprint density at radius 3 is 1.26 bits per heavy atom. The predicted octanol–water partition coefficient (Wildman–Crippen LogP) is 19.2.